The molecule has 0 fully saturated rings. The van der Waals surface area contributed by atoms with Gasteiger partial charge in [0, 0.05) is 27.3 Å². The molecule has 0 aliphatic rings. The highest BCUT2D eigenvalue weighted by Gasteiger charge is 2.22. The molecule has 63 heavy (non-hydrogen) atoms. The molecule has 0 N–H and O–H groups in total. The van der Waals surface area contributed by atoms with Crippen LogP contribution in [0.4, 0.5) is 0 Å². The second-order valence-electron chi connectivity index (χ2n) is 17.1. The Morgan fingerprint density at radius 2 is 0.698 bits per heavy atom. The van der Waals surface area contributed by atoms with Crippen LogP contribution in [0.15, 0.2) is 223 Å². The van der Waals surface area contributed by atoms with E-state index in [4.69, 9.17) is 4.42 Å². The molecule has 14 aromatic rings. The van der Waals surface area contributed by atoms with Crippen molar-refractivity contribution in [1.29, 1.82) is 0 Å². The molecule has 290 valence electrons. The maximum atomic E-state index is 7.23. The van der Waals surface area contributed by atoms with E-state index in [1.165, 1.54) is 97.8 Å². The van der Waals surface area contributed by atoms with Gasteiger partial charge in [0.15, 0.2) is 0 Å². The molecule has 0 spiro atoms. The van der Waals surface area contributed by atoms with E-state index in [-0.39, 0.29) is 0 Å². The van der Waals surface area contributed by atoms with E-state index >= 15 is 0 Å². The summed E-state index contributed by atoms with van der Waals surface area (Å²) < 4.78 is 7.23. The van der Waals surface area contributed by atoms with Crippen LogP contribution in [0.25, 0.3) is 142 Å². The van der Waals surface area contributed by atoms with Crippen LogP contribution in [0.2, 0.25) is 0 Å². The fourth-order valence-corrected chi connectivity index (χ4v) is 10.9. The fourth-order valence-electron chi connectivity index (χ4n) is 10.9. The highest BCUT2D eigenvalue weighted by molar-refractivity contribution is 6.29. The molecule has 1 heterocycles. The summed E-state index contributed by atoms with van der Waals surface area (Å²) in [6.07, 6.45) is 0. The topological polar surface area (TPSA) is 13.1 Å². The third-order valence-electron chi connectivity index (χ3n) is 13.8. The van der Waals surface area contributed by atoms with Crippen LogP contribution >= 0.6 is 0 Å². The first kappa shape index (κ1) is 34.5. The predicted molar refractivity (Wildman–Crippen MR) is 269 cm³/mol. The van der Waals surface area contributed by atoms with Crippen molar-refractivity contribution in [3.8, 4) is 44.5 Å². The fraction of sp³-hybridized carbons (Fsp3) is 0. The van der Waals surface area contributed by atoms with Gasteiger partial charge in [0.05, 0.1) is 0 Å². The summed E-state index contributed by atoms with van der Waals surface area (Å²) in [5, 5.41) is 19.7. The SMILES string of the molecule is c1ccc(-c2ccc3ccc4c(-c5ccc(-c6ccc(-c7c8ccccc8cc8c7ccc7ccccc78)c7oc8c9ccccc9ccc8c67)cc5)ccc5ccc2c3c54)cc1. The minimum absolute atomic E-state index is 0.912. The molecule has 1 nitrogen and oxygen atoms in total. The Kier molecular flexibility index (Phi) is 7.17. The summed E-state index contributed by atoms with van der Waals surface area (Å²) in [5.74, 6) is 0. The Morgan fingerprint density at radius 3 is 1.40 bits per heavy atom. The number of benzene rings is 13. The molecular formula is C62H36O. The van der Waals surface area contributed by atoms with Crippen molar-refractivity contribution >= 4 is 97.3 Å². The normalized spacial score (nSPS) is 12.1. The van der Waals surface area contributed by atoms with E-state index in [0.29, 0.717) is 0 Å². The number of furan rings is 1. The van der Waals surface area contributed by atoms with E-state index in [1.54, 1.807) is 0 Å². The molecule has 0 amide bonds. The zero-order valence-corrected chi connectivity index (χ0v) is 34.2. The molecule has 13 aromatic carbocycles. The Balaban J connectivity index is 0.983. The number of fused-ring (bicyclic) bond motifs is 9. The number of rotatable bonds is 4. The summed E-state index contributed by atoms with van der Waals surface area (Å²) in [6.45, 7) is 0. The lowest BCUT2D eigenvalue weighted by atomic mass is 9.86. The van der Waals surface area contributed by atoms with Crippen molar-refractivity contribution in [2.24, 2.45) is 0 Å². The quantitative estimate of drug-likeness (QED) is 0.128. The van der Waals surface area contributed by atoms with Crippen LogP contribution in [0.5, 0.6) is 0 Å². The van der Waals surface area contributed by atoms with Crippen molar-refractivity contribution in [3.05, 3.63) is 218 Å². The third-order valence-corrected chi connectivity index (χ3v) is 13.8. The molecule has 1 aromatic heterocycles. The van der Waals surface area contributed by atoms with E-state index in [1.807, 2.05) is 0 Å². The van der Waals surface area contributed by atoms with Crippen molar-refractivity contribution in [1.82, 2.24) is 0 Å². The molecule has 0 aliphatic carbocycles. The number of hydrogen-bond acceptors (Lipinski definition) is 1. The summed E-state index contributed by atoms with van der Waals surface area (Å²) >= 11 is 0. The molecule has 1 heteroatoms. The van der Waals surface area contributed by atoms with Crippen molar-refractivity contribution in [2.45, 2.75) is 0 Å². The molecule has 0 saturated carbocycles. The first-order valence-electron chi connectivity index (χ1n) is 21.8. The van der Waals surface area contributed by atoms with Gasteiger partial charge in [-0.2, -0.15) is 0 Å². The summed E-state index contributed by atoms with van der Waals surface area (Å²) in [7, 11) is 0. The second kappa shape index (κ2) is 13.1. The molecule has 0 aliphatic heterocycles. The van der Waals surface area contributed by atoms with Crippen molar-refractivity contribution < 1.29 is 4.42 Å². The van der Waals surface area contributed by atoms with Gasteiger partial charge in [-0.05, 0) is 122 Å². The van der Waals surface area contributed by atoms with Crippen molar-refractivity contribution in [3.63, 3.8) is 0 Å². The minimum atomic E-state index is 0.912. The maximum absolute atomic E-state index is 7.23. The van der Waals surface area contributed by atoms with Gasteiger partial charge in [0.2, 0.25) is 0 Å². The standard InChI is InChI=1S/C62H36O/c1-2-10-37(11-3-1)46-28-24-42-27-32-52-47(29-25-43-26-31-51(46)57(42)58(43)52)40-18-20-41(21-19-40)49-34-35-54(62-60(49)55-33-23-39-13-5-9-17-50(39)61(55)63-62)59-48-16-8-6-14-44(48)36-56-45-15-7-4-12-38(45)22-30-53(56)59/h1-36H. The number of hydrogen-bond donors (Lipinski definition) is 0. The average molecular weight is 797 g/mol. The zero-order valence-electron chi connectivity index (χ0n) is 34.2. The zero-order chi connectivity index (χ0) is 41.2. The second-order valence-corrected chi connectivity index (χ2v) is 17.1. The molecule has 0 radical (unpaired) electrons. The minimum Gasteiger partial charge on any atom is -0.455 e. The van der Waals surface area contributed by atoms with Gasteiger partial charge in [-0.1, -0.05) is 200 Å². The lowest BCUT2D eigenvalue weighted by Gasteiger charge is -2.17. The van der Waals surface area contributed by atoms with Gasteiger partial charge >= 0.3 is 0 Å². The molecule has 0 bridgehead atoms. The lowest BCUT2D eigenvalue weighted by molar-refractivity contribution is 0.674. The molecule has 14 rings (SSSR count). The van der Waals surface area contributed by atoms with E-state index in [9.17, 15) is 0 Å². The van der Waals surface area contributed by atoms with E-state index in [0.717, 1.165) is 44.0 Å². The summed E-state index contributed by atoms with van der Waals surface area (Å²) in [5.41, 5.74) is 11.4. The molecule has 0 saturated heterocycles. The van der Waals surface area contributed by atoms with Gasteiger partial charge in [-0.15, -0.1) is 0 Å². The first-order chi connectivity index (χ1) is 31.2. The Hall–Kier alpha value is -8.26. The van der Waals surface area contributed by atoms with Gasteiger partial charge in [-0.25, -0.2) is 0 Å². The van der Waals surface area contributed by atoms with Crippen LogP contribution in [0.1, 0.15) is 0 Å². The lowest BCUT2D eigenvalue weighted by Crippen LogP contribution is -1.90. The Morgan fingerprint density at radius 1 is 0.222 bits per heavy atom. The molecular weight excluding hydrogens is 761 g/mol. The highest BCUT2D eigenvalue weighted by atomic mass is 16.3. The highest BCUT2D eigenvalue weighted by Crippen LogP contribution is 2.48. The van der Waals surface area contributed by atoms with Crippen LogP contribution in [-0.4, -0.2) is 0 Å². The van der Waals surface area contributed by atoms with Crippen LogP contribution in [0.3, 0.4) is 0 Å². The smallest absolute Gasteiger partial charge is 0.143 e. The van der Waals surface area contributed by atoms with Crippen LogP contribution in [0, 0.1) is 0 Å². The predicted octanol–water partition coefficient (Wildman–Crippen LogP) is 17.8. The van der Waals surface area contributed by atoms with E-state index < -0.39 is 0 Å². The van der Waals surface area contributed by atoms with Crippen LogP contribution < -0.4 is 0 Å². The van der Waals surface area contributed by atoms with E-state index in [2.05, 4.69) is 218 Å². The Labute approximate surface area is 363 Å². The maximum Gasteiger partial charge on any atom is 0.143 e. The monoisotopic (exact) mass is 796 g/mol. The first-order valence-corrected chi connectivity index (χ1v) is 21.8. The van der Waals surface area contributed by atoms with Gasteiger partial charge in [-0.3, -0.25) is 0 Å². The van der Waals surface area contributed by atoms with Gasteiger partial charge in [0.1, 0.15) is 11.2 Å². The van der Waals surface area contributed by atoms with Gasteiger partial charge < -0.3 is 4.42 Å². The van der Waals surface area contributed by atoms with Crippen LogP contribution in [-0.2, 0) is 0 Å². The largest absolute Gasteiger partial charge is 0.455 e. The Bertz CT molecular complexity index is 4170. The summed E-state index contributed by atoms with van der Waals surface area (Å²) in [6, 6.07) is 80.5. The average Bonchev–Trinajstić information content (AvgIpc) is 3.76. The third kappa shape index (κ3) is 4.99. The molecule has 0 atom stereocenters. The summed E-state index contributed by atoms with van der Waals surface area (Å²) in [4.78, 5) is 0. The van der Waals surface area contributed by atoms with Gasteiger partial charge in [0.25, 0.3) is 0 Å². The molecule has 0 unspecified atom stereocenters. The van der Waals surface area contributed by atoms with Crippen molar-refractivity contribution in [2.75, 3.05) is 0 Å².